The summed E-state index contributed by atoms with van der Waals surface area (Å²) in [4.78, 5) is 38.4. The summed E-state index contributed by atoms with van der Waals surface area (Å²) in [6, 6.07) is 5.31. The first-order valence-electron chi connectivity index (χ1n) is 8.45. The van der Waals surface area contributed by atoms with Gasteiger partial charge in [-0.2, -0.15) is 5.26 Å². The number of esters is 1. The molecule has 0 saturated heterocycles. The minimum atomic E-state index is -0.945. The Morgan fingerprint density at radius 2 is 2.15 bits per heavy atom. The van der Waals surface area contributed by atoms with Crippen LogP contribution in [-0.4, -0.2) is 23.0 Å². The fourth-order valence-corrected chi connectivity index (χ4v) is 2.69. The lowest BCUT2D eigenvalue weighted by atomic mass is 9.99. The van der Waals surface area contributed by atoms with E-state index in [9.17, 15) is 14.4 Å². The fourth-order valence-electron chi connectivity index (χ4n) is 2.69. The first-order valence-corrected chi connectivity index (χ1v) is 8.45. The Hall–Kier alpha value is -3.34. The fraction of sp³-hybridized carbons (Fsp3) is 0.368. The van der Waals surface area contributed by atoms with Crippen LogP contribution in [0.1, 0.15) is 41.5 Å². The molecule has 0 aliphatic heterocycles. The van der Waals surface area contributed by atoms with Crippen LogP contribution in [-0.2, 0) is 27.3 Å². The van der Waals surface area contributed by atoms with E-state index in [1.54, 1.807) is 26.0 Å². The number of H-pyrrole nitrogens is 1. The maximum atomic E-state index is 12.1. The van der Waals surface area contributed by atoms with Crippen LogP contribution in [0.15, 0.2) is 27.6 Å². The lowest BCUT2D eigenvalue weighted by Gasteiger charge is -2.14. The van der Waals surface area contributed by atoms with E-state index in [4.69, 9.17) is 14.4 Å². The van der Waals surface area contributed by atoms with Crippen molar-refractivity contribution in [3.05, 3.63) is 56.9 Å². The molecule has 8 heteroatoms. The highest BCUT2D eigenvalue weighted by molar-refractivity contribution is 5.83. The highest BCUT2D eigenvalue weighted by atomic mass is 16.5. The minimum absolute atomic E-state index is 0.0222. The molecule has 0 radical (unpaired) electrons. The molecule has 1 atom stereocenters. The van der Waals surface area contributed by atoms with Crippen LogP contribution in [0, 0.1) is 25.2 Å². The van der Waals surface area contributed by atoms with Gasteiger partial charge in [-0.25, -0.2) is 0 Å². The molecule has 142 valence electrons. The Balaban J connectivity index is 1.90. The van der Waals surface area contributed by atoms with E-state index in [-0.39, 0.29) is 18.5 Å². The average molecular weight is 371 g/mol. The lowest BCUT2D eigenvalue weighted by molar-refractivity contribution is -0.154. The van der Waals surface area contributed by atoms with Gasteiger partial charge in [-0.15, -0.1) is 0 Å². The van der Waals surface area contributed by atoms with Crippen LogP contribution < -0.4 is 10.9 Å². The van der Waals surface area contributed by atoms with Crippen molar-refractivity contribution in [1.29, 1.82) is 5.26 Å². The third-order valence-electron chi connectivity index (χ3n) is 4.19. The molecule has 0 aliphatic rings. The second-order valence-corrected chi connectivity index (χ2v) is 6.10. The Bertz CT molecular complexity index is 922. The largest absolute Gasteiger partial charge is 0.467 e. The number of ether oxygens (including phenoxy) is 1. The number of nitrogens with zero attached hydrogens (tertiary/aromatic N) is 1. The SMILES string of the molecule is Cc1[nH]c(=O)c(C#N)c(C)c1CCC(=O)O[C@H](C)C(=O)NCc1ccco1. The molecule has 2 N–H and O–H groups in total. The van der Waals surface area contributed by atoms with Crippen molar-refractivity contribution in [2.75, 3.05) is 0 Å². The second-order valence-electron chi connectivity index (χ2n) is 6.10. The standard InChI is InChI=1S/C19H21N3O5/c1-11-15(12(2)22-19(25)16(11)9-20)6-7-17(23)27-13(3)18(24)21-10-14-5-4-8-26-14/h4-5,8,13H,6-7,10H2,1-3H3,(H,21,24)(H,22,25)/t13-/m1/s1. The van der Waals surface area contributed by atoms with Crippen LogP contribution >= 0.6 is 0 Å². The van der Waals surface area contributed by atoms with Gasteiger partial charge in [-0.3, -0.25) is 14.4 Å². The summed E-state index contributed by atoms with van der Waals surface area (Å²) in [6.07, 6.45) is 0.875. The average Bonchev–Trinajstić information content (AvgIpc) is 3.12. The molecule has 2 aromatic rings. The number of carbonyl (C=O) groups is 2. The number of amides is 1. The van der Waals surface area contributed by atoms with Crippen LogP contribution in [0.2, 0.25) is 0 Å². The van der Waals surface area contributed by atoms with E-state index in [0.717, 1.165) is 5.56 Å². The minimum Gasteiger partial charge on any atom is -0.467 e. The summed E-state index contributed by atoms with van der Waals surface area (Å²) in [5.74, 6) is -0.374. The van der Waals surface area contributed by atoms with Crippen LogP contribution in [0.5, 0.6) is 0 Å². The van der Waals surface area contributed by atoms with Gasteiger partial charge < -0.3 is 19.5 Å². The third kappa shape index (κ3) is 5.07. The molecule has 27 heavy (non-hydrogen) atoms. The highest BCUT2D eigenvalue weighted by Gasteiger charge is 2.19. The molecule has 0 fully saturated rings. The maximum Gasteiger partial charge on any atom is 0.306 e. The molecule has 2 rings (SSSR count). The predicted octanol–water partition coefficient (Wildman–Crippen LogP) is 1.64. The Kier molecular flexibility index (Phi) is 6.55. The summed E-state index contributed by atoms with van der Waals surface area (Å²) < 4.78 is 10.3. The Morgan fingerprint density at radius 1 is 1.41 bits per heavy atom. The Morgan fingerprint density at radius 3 is 2.78 bits per heavy atom. The van der Waals surface area contributed by atoms with E-state index >= 15 is 0 Å². The molecular formula is C19H21N3O5. The first kappa shape index (κ1) is 20.0. The number of furan rings is 1. The van der Waals surface area contributed by atoms with E-state index in [1.165, 1.54) is 13.2 Å². The van der Waals surface area contributed by atoms with Crippen molar-refractivity contribution in [2.45, 2.75) is 46.3 Å². The number of hydrogen-bond acceptors (Lipinski definition) is 6. The molecule has 0 unspecified atom stereocenters. The molecule has 0 spiro atoms. The number of pyridine rings is 1. The number of nitriles is 1. The van der Waals surface area contributed by atoms with E-state index in [2.05, 4.69) is 10.3 Å². The van der Waals surface area contributed by atoms with Crippen LogP contribution in [0.4, 0.5) is 0 Å². The number of nitrogens with one attached hydrogen (secondary N) is 2. The van der Waals surface area contributed by atoms with E-state index in [0.29, 0.717) is 23.4 Å². The summed E-state index contributed by atoms with van der Waals surface area (Å²) in [7, 11) is 0. The van der Waals surface area contributed by atoms with Gasteiger partial charge in [0.1, 0.15) is 17.4 Å². The molecule has 0 bridgehead atoms. The zero-order valence-corrected chi connectivity index (χ0v) is 15.4. The zero-order valence-electron chi connectivity index (χ0n) is 15.4. The van der Waals surface area contributed by atoms with Crippen LogP contribution in [0.3, 0.4) is 0 Å². The van der Waals surface area contributed by atoms with Crippen molar-refractivity contribution in [1.82, 2.24) is 10.3 Å². The van der Waals surface area contributed by atoms with Crippen molar-refractivity contribution < 1.29 is 18.7 Å². The number of hydrogen-bond donors (Lipinski definition) is 2. The van der Waals surface area contributed by atoms with Gasteiger partial charge in [0.25, 0.3) is 11.5 Å². The van der Waals surface area contributed by atoms with Gasteiger partial charge in [0.2, 0.25) is 0 Å². The summed E-state index contributed by atoms with van der Waals surface area (Å²) in [5.41, 5.74) is 1.47. The van der Waals surface area contributed by atoms with Gasteiger partial charge in [-0.1, -0.05) is 0 Å². The Labute approximate surface area is 156 Å². The topological polar surface area (TPSA) is 125 Å². The van der Waals surface area contributed by atoms with Gasteiger partial charge in [0, 0.05) is 12.1 Å². The monoisotopic (exact) mass is 371 g/mol. The summed E-state index contributed by atoms with van der Waals surface area (Å²) in [5, 5.41) is 11.7. The normalized spacial score (nSPS) is 11.5. The number of aryl methyl sites for hydroxylation is 1. The summed E-state index contributed by atoms with van der Waals surface area (Å²) in [6.45, 7) is 5.08. The van der Waals surface area contributed by atoms with Gasteiger partial charge in [0.05, 0.1) is 12.8 Å². The molecule has 0 saturated carbocycles. The van der Waals surface area contributed by atoms with Crippen LogP contribution in [0.25, 0.3) is 0 Å². The number of carbonyl (C=O) groups excluding carboxylic acids is 2. The third-order valence-corrected chi connectivity index (χ3v) is 4.19. The quantitative estimate of drug-likeness (QED) is 0.713. The predicted molar refractivity (Wildman–Crippen MR) is 95.7 cm³/mol. The molecular weight excluding hydrogens is 350 g/mol. The molecule has 0 aromatic carbocycles. The summed E-state index contributed by atoms with van der Waals surface area (Å²) >= 11 is 0. The maximum absolute atomic E-state index is 12.1. The second kappa shape index (κ2) is 8.85. The highest BCUT2D eigenvalue weighted by Crippen LogP contribution is 2.15. The lowest BCUT2D eigenvalue weighted by Crippen LogP contribution is -2.35. The van der Waals surface area contributed by atoms with Crippen molar-refractivity contribution in [2.24, 2.45) is 0 Å². The smallest absolute Gasteiger partial charge is 0.306 e. The number of rotatable bonds is 7. The molecule has 2 aromatic heterocycles. The van der Waals surface area contributed by atoms with Gasteiger partial charge in [0.15, 0.2) is 6.10 Å². The number of aromatic amines is 1. The molecule has 1 amide bonds. The molecule has 8 nitrogen and oxygen atoms in total. The molecule has 0 aliphatic carbocycles. The molecule has 2 heterocycles. The van der Waals surface area contributed by atoms with Crippen molar-refractivity contribution in [3.8, 4) is 6.07 Å². The van der Waals surface area contributed by atoms with Crippen molar-refractivity contribution in [3.63, 3.8) is 0 Å². The number of aromatic nitrogens is 1. The van der Waals surface area contributed by atoms with Gasteiger partial charge in [-0.05, 0) is 50.5 Å². The van der Waals surface area contributed by atoms with Gasteiger partial charge >= 0.3 is 5.97 Å². The van der Waals surface area contributed by atoms with E-state index in [1.807, 2.05) is 6.07 Å². The van der Waals surface area contributed by atoms with Crippen molar-refractivity contribution >= 4 is 11.9 Å². The first-order chi connectivity index (χ1) is 12.8. The zero-order chi connectivity index (χ0) is 20.0. The van der Waals surface area contributed by atoms with E-state index < -0.39 is 23.5 Å².